The van der Waals surface area contributed by atoms with Gasteiger partial charge in [-0.25, -0.2) is 9.97 Å². The first-order valence-electron chi connectivity index (χ1n) is 8.07. The quantitative estimate of drug-likeness (QED) is 0.389. The van der Waals surface area contributed by atoms with Crippen molar-refractivity contribution in [3.05, 3.63) is 95.7 Å². The Morgan fingerprint density at radius 3 is 1.24 bits per heavy atom. The Morgan fingerprint density at radius 2 is 0.840 bits per heavy atom. The van der Waals surface area contributed by atoms with Crippen LogP contribution in [0.25, 0.3) is 33.6 Å². The third-order valence-electron chi connectivity index (χ3n) is 4.04. The smallest absolute Gasteiger partial charge is 0.197 e. The highest BCUT2D eigenvalue weighted by molar-refractivity contribution is 9.10. The predicted molar refractivity (Wildman–Crippen MR) is 106 cm³/mol. The fourth-order valence-corrected chi connectivity index (χ4v) is 3.28. The molecule has 0 N–H and O–H groups in total. The molecule has 0 spiro atoms. The Bertz CT molecular complexity index is 924. The van der Waals surface area contributed by atoms with E-state index in [4.69, 9.17) is 9.97 Å². The molecule has 0 unspecified atom stereocenters. The summed E-state index contributed by atoms with van der Waals surface area (Å²) in [5.74, 6) is 0. The van der Waals surface area contributed by atoms with Crippen molar-refractivity contribution in [3.63, 3.8) is 0 Å². The largest absolute Gasteiger partial charge is 0.221 e. The summed E-state index contributed by atoms with van der Waals surface area (Å²) in [6.45, 7) is 0. The highest BCUT2D eigenvalue weighted by Gasteiger charge is 2.18. The van der Waals surface area contributed by atoms with Crippen molar-refractivity contribution in [1.29, 1.82) is 0 Å². The maximum absolute atomic E-state index is 4.71. The van der Waals surface area contributed by atoms with Gasteiger partial charge in [0, 0.05) is 16.7 Å². The lowest BCUT2D eigenvalue weighted by atomic mass is 9.95. The van der Waals surface area contributed by atoms with E-state index in [2.05, 4.69) is 52.3 Å². The molecule has 0 atom stereocenters. The Kier molecular flexibility index (Phi) is 4.40. The second-order valence-corrected chi connectivity index (χ2v) is 6.37. The molecule has 3 heteroatoms. The number of aromatic nitrogens is 2. The van der Waals surface area contributed by atoms with Gasteiger partial charge in [-0.3, -0.25) is 0 Å². The Balaban J connectivity index is 2.07. The van der Waals surface area contributed by atoms with Gasteiger partial charge in [-0.1, -0.05) is 91.0 Å². The van der Waals surface area contributed by atoms with E-state index in [-0.39, 0.29) is 0 Å². The molecule has 1 aromatic heterocycles. The zero-order valence-corrected chi connectivity index (χ0v) is 15.0. The molecule has 0 radical (unpaired) electrons. The van der Waals surface area contributed by atoms with E-state index in [9.17, 15) is 0 Å². The monoisotopic (exact) mass is 386 g/mol. The summed E-state index contributed by atoms with van der Waals surface area (Å²) in [6.07, 6.45) is 0. The lowest BCUT2D eigenvalue weighted by Gasteiger charge is -2.15. The van der Waals surface area contributed by atoms with Crippen molar-refractivity contribution in [2.75, 3.05) is 0 Å². The number of benzene rings is 3. The first-order chi connectivity index (χ1) is 12.3. The first kappa shape index (κ1) is 15.7. The molecule has 0 bridgehead atoms. The van der Waals surface area contributed by atoms with Gasteiger partial charge in [-0.05, 0) is 21.5 Å². The number of nitrogens with zero attached hydrogens (tertiary/aromatic N) is 2. The van der Waals surface area contributed by atoms with E-state index in [1.165, 1.54) is 0 Å². The number of halogens is 1. The van der Waals surface area contributed by atoms with Crippen molar-refractivity contribution in [2.24, 2.45) is 0 Å². The third-order valence-corrected chi connectivity index (χ3v) is 4.39. The van der Waals surface area contributed by atoms with E-state index in [1.54, 1.807) is 0 Å². The molecule has 3 aromatic carbocycles. The van der Waals surface area contributed by atoms with E-state index < -0.39 is 0 Å². The molecular weight excluding hydrogens is 372 g/mol. The van der Waals surface area contributed by atoms with Crippen molar-refractivity contribution in [2.45, 2.75) is 0 Å². The summed E-state index contributed by atoms with van der Waals surface area (Å²) < 4.78 is 0.588. The minimum Gasteiger partial charge on any atom is -0.221 e. The summed E-state index contributed by atoms with van der Waals surface area (Å²) in [6, 6.07) is 30.8. The standard InChI is InChI=1S/C22H15BrN2/c23-22-24-20(17-12-6-2-7-13-17)19(16-10-4-1-5-11-16)21(25-22)18-14-8-3-9-15-18/h1-15H. The van der Waals surface area contributed by atoms with Crippen molar-refractivity contribution in [3.8, 4) is 33.6 Å². The Hall–Kier alpha value is -2.78. The Labute approximate surface area is 155 Å². The SMILES string of the molecule is Brc1nc(-c2ccccc2)c(-c2ccccc2)c(-c2ccccc2)n1. The average Bonchev–Trinajstić information content (AvgIpc) is 2.69. The third kappa shape index (κ3) is 3.24. The van der Waals surface area contributed by atoms with E-state index in [0.29, 0.717) is 4.73 Å². The lowest BCUT2D eigenvalue weighted by molar-refractivity contribution is 1.12. The van der Waals surface area contributed by atoms with Crippen LogP contribution in [0.3, 0.4) is 0 Å². The van der Waals surface area contributed by atoms with Gasteiger partial charge in [-0.2, -0.15) is 0 Å². The zero-order chi connectivity index (χ0) is 17.1. The van der Waals surface area contributed by atoms with Crippen LogP contribution < -0.4 is 0 Å². The number of rotatable bonds is 3. The summed E-state index contributed by atoms with van der Waals surface area (Å²) in [4.78, 5) is 9.42. The minimum absolute atomic E-state index is 0.588. The maximum atomic E-state index is 4.71. The molecule has 0 saturated carbocycles. The van der Waals surface area contributed by atoms with Gasteiger partial charge < -0.3 is 0 Å². The summed E-state index contributed by atoms with van der Waals surface area (Å²) >= 11 is 3.49. The molecule has 2 nitrogen and oxygen atoms in total. The molecular formula is C22H15BrN2. The fourth-order valence-electron chi connectivity index (χ4n) is 2.92. The molecule has 0 aliphatic heterocycles. The van der Waals surface area contributed by atoms with Gasteiger partial charge in [-0.15, -0.1) is 0 Å². The van der Waals surface area contributed by atoms with Crippen LogP contribution in [0.4, 0.5) is 0 Å². The van der Waals surface area contributed by atoms with E-state index >= 15 is 0 Å². The van der Waals surface area contributed by atoms with Crippen LogP contribution in [0, 0.1) is 0 Å². The highest BCUT2D eigenvalue weighted by Crippen LogP contribution is 2.38. The molecule has 0 fully saturated rings. The van der Waals surface area contributed by atoms with Gasteiger partial charge in [0.15, 0.2) is 4.73 Å². The van der Waals surface area contributed by atoms with Gasteiger partial charge in [0.05, 0.1) is 11.4 Å². The van der Waals surface area contributed by atoms with Crippen LogP contribution in [0.2, 0.25) is 0 Å². The summed E-state index contributed by atoms with van der Waals surface area (Å²) in [7, 11) is 0. The van der Waals surface area contributed by atoms with Crippen molar-refractivity contribution >= 4 is 15.9 Å². The van der Waals surface area contributed by atoms with Crippen LogP contribution in [0.5, 0.6) is 0 Å². The van der Waals surface area contributed by atoms with Gasteiger partial charge in [0.2, 0.25) is 0 Å². The summed E-state index contributed by atoms with van der Waals surface area (Å²) in [5.41, 5.74) is 6.14. The van der Waals surface area contributed by atoms with Crippen LogP contribution in [0.15, 0.2) is 95.7 Å². The predicted octanol–water partition coefficient (Wildman–Crippen LogP) is 6.24. The van der Waals surface area contributed by atoms with Gasteiger partial charge in [0.1, 0.15) is 0 Å². The van der Waals surface area contributed by atoms with E-state index in [0.717, 1.165) is 33.6 Å². The fraction of sp³-hybridized carbons (Fsp3) is 0. The van der Waals surface area contributed by atoms with Crippen LogP contribution >= 0.6 is 15.9 Å². The van der Waals surface area contributed by atoms with Crippen LogP contribution in [-0.2, 0) is 0 Å². The van der Waals surface area contributed by atoms with Crippen LogP contribution in [-0.4, -0.2) is 9.97 Å². The average molecular weight is 387 g/mol. The second kappa shape index (κ2) is 6.99. The molecule has 120 valence electrons. The molecule has 0 aliphatic rings. The minimum atomic E-state index is 0.588. The van der Waals surface area contributed by atoms with Crippen molar-refractivity contribution in [1.82, 2.24) is 9.97 Å². The van der Waals surface area contributed by atoms with Gasteiger partial charge >= 0.3 is 0 Å². The zero-order valence-electron chi connectivity index (χ0n) is 13.4. The normalized spacial score (nSPS) is 10.6. The van der Waals surface area contributed by atoms with Gasteiger partial charge in [0.25, 0.3) is 0 Å². The number of hydrogen-bond donors (Lipinski definition) is 0. The van der Waals surface area contributed by atoms with Crippen molar-refractivity contribution < 1.29 is 0 Å². The first-order valence-corrected chi connectivity index (χ1v) is 8.86. The molecule has 4 aromatic rings. The highest BCUT2D eigenvalue weighted by atomic mass is 79.9. The molecule has 0 saturated heterocycles. The topological polar surface area (TPSA) is 25.8 Å². The maximum Gasteiger partial charge on any atom is 0.197 e. The van der Waals surface area contributed by atoms with E-state index in [1.807, 2.05) is 54.6 Å². The number of hydrogen-bond acceptors (Lipinski definition) is 2. The molecule has 25 heavy (non-hydrogen) atoms. The molecule has 0 amide bonds. The molecule has 1 heterocycles. The molecule has 4 rings (SSSR count). The lowest BCUT2D eigenvalue weighted by Crippen LogP contribution is -1.98. The second-order valence-electron chi connectivity index (χ2n) is 5.66. The molecule has 0 aliphatic carbocycles. The summed E-state index contributed by atoms with van der Waals surface area (Å²) in [5, 5.41) is 0. The Morgan fingerprint density at radius 1 is 0.480 bits per heavy atom. The van der Waals surface area contributed by atoms with Crippen LogP contribution in [0.1, 0.15) is 0 Å².